The predicted octanol–water partition coefficient (Wildman–Crippen LogP) is 3.00. The average molecular weight is 469 g/mol. The van der Waals surface area contributed by atoms with Crippen molar-refractivity contribution in [3.8, 4) is 17.2 Å². The lowest BCUT2D eigenvalue weighted by atomic mass is 9.74. The van der Waals surface area contributed by atoms with Gasteiger partial charge in [0.15, 0.2) is 17.2 Å². The summed E-state index contributed by atoms with van der Waals surface area (Å²) in [5, 5.41) is 11.7. The molecule has 1 spiro atoms. The van der Waals surface area contributed by atoms with Crippen LogP contribution in [0.2, 0.25) is 5.02 Å². The van der Waals surface area contributed by atoms with Gasteiger partial charge in [0, 0.05) is 30.0 Å². The topological polar surface area (TPSA) is 104 Å². The number of carbonyl (C=O) groups excluding carboxylic acids is 2. The molecule has 0 bridgehead atoms. The lowest BCUT2D eigenvalue weighted by molar-refractivity contribution is -0.129. The summed E-state index contributed by atoms with van der Waals surface area (Å²) in [4.78, 5) is 26.9. The highest BCUT2D eigenvalue weighted by Crippen LogP contribution is 2.52. The number of ether oxygens (including phenoxy) is 3. The maximum absolute atomic E-state index is 13.5. The van der Waals surface area contributed by atoms with Crippen LogP contribution in [0.1, 0.15) is 29.5 Å². The molecule has 5 rings (SSSR count). The summed E-state index contributed by atoms with van der Waals surface area (Å²) in [6.07, 6.45) is 3.71. The maximum Gasteiger partial charge on any atom is 0.236 e. The van der Waals surface area contributed by atoms with Crippen LogP contribution in [0.15, 0.2) is 42.2 Å². The molecule has 3 aromatic rings. The Balaban J connectivity index is 1.44. The SMILES string of the molecule is COc1cc(OC)c2c(c1Cl)OC1(C(=O)C=C(NCc3nnc4ccccn34)CC1C)C2=O. The molecular formula is C23H21ClN4O5. The zero-order chi connectivity index (χ0) is 23.3. The lowest BCUT2D eigenvalue weighted by Crippen LogP contribution is -2.55. The number of Topliss-reactive ketones (excluding diaryl/α,β-unsaturated/α-hetero) is 1. The summed E-state index contributed by atoms with van der Waals surface area (Å²) in [7, 11) is 2.89. The highest BCUT2D eigenvalue weighted by Gasteiger charge is 2.60. The number of carbonyl (C=O) groups is 2. The molecule has 1 N–H and O–H groups in total. The van der Waals surface area contributed by atoms with Gasteiger partial charge in [-0.3, -0.25) is 14.0 Å². The Bertz CT molecular complexity index is 1330. The first-order chi connectivity index (χ1) is 15.9. The van der Waals surface area contributed by atoms with Crippen LogP contribution in [-0.4, -0.2) is 46.0 Å². The van der Waals surface area contributed by atoms with Crippen molar-refractivity contribution in [2.45, 2.75) is 25.5 Å². The van der Waals surface area contributed by atoms with E-state index in [9.17, 15) is 9.59 Å². The summed E-state index contributed by atoms with van der Waals surface area (Å²) >= 11 is 6.42. The maximum atomic E-state index is 13.5. The van der Waals surface area contributed by atoms with Gasteiger partial charge in [0.25, 0.3) is 0 Å². The Morgan fingerprint density at radius 2 is 2.03 bits per heavy atom. The molecule has 1 aliphatic carbocycles. The molecule has 0 amide bonds. The van der Waals surface area contributed by atoms with Crippen LogP contribution in [0.4, 0.5) is 0 Å². The standard InChI is InChI=1S/C23H21ClN4O5/c1-12-8-13(25-11-18-27-26-17-6-4-5-7-28(17)18)9-16(29)23(12)22(30)19-14(31-2)10-15(32-3)20(24)21(19)33-23/h4-7,9-10,12,25H,8,11H2,1-3H3. The van der Waals surface area contributed by atoms with Crippen molar-refractivity contribution in [3.63, 3.8) is 0 Å². The van der Waals surface area contributed by atoms with E-state index in [-0.39, 0.29) is 22.1 Å². The molecular weight excluding hydrogens is 448 g/mol. The second kappa shape index (κ2) is 7.77. The van der Waals surface area contributed by atoms with E-state index in [1.807, 2.05) is 28.8 Å². The van der Waals surface area contributed by atoms with Gasteiger partial charge in [-0.2, -0.15) is 0 Å². The number of nitrogens with zero attached hydrogens (tertiary/aromatic N) is 3. The van der Waals surface area contributed by atoms with Gasteiger partial charge in [-0.15, -0.1) is 10.2 Å². The number of pyridine rings is 1. The second-order valence-electron chi connectivity index (χ2n) is 8.00. The van der Waals surface area contributed by atoms with Crippen molar-refractivity contribution in [1.82, 2.24) is 19.9 Å². The molecule has 2 atom stereocenters. The zero-order valence-electron chi connectivity index (χ0n) is 18.2. The van der Waals surface area contributed by atoms with E-state index in [0.29, 0.717) is 30.2 Å². The largest absolute Gasteiger partial charge is 0.496 e. The van der Waals surface area contributed by atoms with E-state index < -0.39 is 23.1 Å². The highest BCUT2D eigenvalue weighted by atomic mass is 35.5. The number of rotatable bonds is 5. The second-order valence-corrected chi connectivity index (χ2v) is 8.38. The first-order valence-electron chi connectivity index (χ1n) is 10.4. The summed E-state index contributed by atoms with van der Waals surface area (Å²) in [6.45, 7) is 2.18. The fourth-order valence-corrected chi connectivity index (χ4v) is 4.72. The Morgan fingerprint density at radius 1 is 1.24 bits per heavy atom. The smallest absolute Gasteiger partial charge is 0.236 e. The molecule has 2 aromatic heterocycles. The highest BCUT2D eigenvalue weighted by molar-refractivity contribution is 6.36. The van der Waals surface area contributed by atoms with Gasteiger partial charge in [-0.05, 0) is 18.6 Å². The van der Waals surface area contributed by atoms with Crippen LogP contribution in [-0.2, 0) is 11.3 Å². The van der Waals surface area contributed by atoms with Gasteiger partial charge in [0.1, 0.15) is 22.1 Å². The van der Waals surface area contributed by atoms with Crippen LogP contribution < -0.4 is 19.5 Å². The molecule has 1 aliphatic heterocycles. The first-order valence-corrected chi connectivity index (χ1v) is 10.7. The third-order valence-electron chi connectivity index (χ3n) is 6.17. The van der Waals surface area contributed by atoms with Crippen LogP contribution >= 0.6 is 11.6 Å². The number of nitrogens with one attached hydrogen (secondary N) is 1. The Morgan fingerprint density at radius 3 is 2.76 bits per heavy atom. The third kappa shape index (κ3) is 3.06. The summed E-state index contributed by atoms with van der Waals surface area (Å²) in [5.41, 5.74) is -0.116. The van der Waals surface area contributed by atoms with Gasteiger partial charge in [0.05, 0.1) is 20.8 Å². The van der Waals surface area contributed by atoms with Crippen LogP contribution in [0.3, 0.4) is 0 Å². The first kappa shape index (κ1) is 21.3. The van der Waals surface area contributed by atoms with E-state index in [0.717, 1.165) is 5.65 Å². The quantitative estimate of drug-likeness (QED) is 0.570. The van der Waals surface area contributed by atoms with Gasteiger partial charge in [0.2, 0.25) is 17.2 Å². The molecule has 170 valence electrons. The van der Waals surface area contributed by atoms with Crippen LogP contribution in [0, 0.1) is 5.92 Å². The fraction of sp³-hybridized carbons (Fsp3) is 0.304. The number of hydrogen-bond acceptors (Lipinski definition) is 8. The minimum absolute atomic E-state index is 0.109. The van der Waals surface area contributed by atoms with Crippen molar-refractivity contribution >= 4 is 28.8 Å². The molecule has 1 aromatic carbocycles. The predicted molar refractivity (Wildman–Crippen MR) is 119 cm³/mol. The molecule has 0 fully saturated rings. The number of methoxy groups -OCH3 is 2. The molecule has 3 heterocycles. The number of aromatic nitrogens is 3. The summed E-state index contributed by atoms with van der Waals surface area (Å²) in [5.74, 6) is -0.0114. The van der Waals surface area contributed by atoms with Gasteiger partial charge in [-0.1, -0.05) is 24.6 Å². The number of benzene rings is 1. The summed E-state index contributed by atoms with van der Waals surface area (Å²) in [6, 6.07) is 7.16. The molecule has 10 heteroatoms. The molecule has 0 saturated carbocycles. The molecule has 2 aliphatic rings. The number of halogens is 1. The Hall–Kier alpha value is -3.59. The molecule has 0 radical (unpaired) electrons. The Kier molecular flexibility index (Phi) is 5.01. The molecule has 9 nitrogen and oxygen atoms in total. The normalized spacial score (nSPS) is 21.7. The van der Waals surface area contributed by atoms with Crippen LogP contribution in [0.5, 0.6) is 17.2 Å². The summed E-state index contributed by atoms with van der Waals surface area (Å²) < 4.78 is 18.6. The monoisotopic (exact) mass is 468 g/mol. The third-order valence-corrected chi connectivity index (χ3v) is 6.53. The van der Waals surface area contributed by atoms with E-state index in [4.69, 9.17) is 25.8 Å². The number of ketones is 2. The van der Waals surface area contributed by atoms with E-state index in [1.54, 1.807) is 6.92 Å². The zero-order valence-corrected chi connectivity index (χ0v) is 19.0. The average Bonchev–Trinajstić information content (AvgIpc) is 3.37. The van der Waals surface area contributed by atoms with E-state index >= 15 is 0 Å². The Labute approximate surface area is 194 Å². The van der Waals surface area contributed by atoms with Gasteiger partial charge in [-0.25, -0.2) is 0 Å². The number of hydrogen-bond donors (Lipinski definition) is 1. The van der Waals surface area contributed by atoms with Gasteiger partial charge < -0.3 is 19.5 Å². The van der Waals surface area contributed by atoms with Crippen molar-refractivity contribution in [1.29, 1.82) is 0 Å². The van der Waals surface area contributed by atoms with Gasteiger partial charge >= 0.3 is 0 Å². The van der Waals surface area contributed by atoms with E-state index in [2.05, 4.69) is 15.5 Å². The fourth-order valence-electron chi connectivity index (χ4n) is 4.46. The minimum atomic E-state index is -1.70. The minimum Gasteiger partial charge on any atom is -0.496 e. The van der Waals surface area contributed by atoms with Crippen LogP contribution in [0.25, 0.3) is 5.65 Å². The molecule has 2 unspecified atom stereocenters. The van der Waals surface area contributed by atoms with Crippen molar-refractivity contribution < 1.29 is 23.8 Å². The molecule has 33 heavy (non-hydrogen) atoms. The molecule has 0 saturated heterocycles. The lowest BCUT2D eigenvalue weighted by Gasteiger charge is -2.35. The van der Waals surface area contributed by atoms with E-state index in [1.165, 1.54) is 26.4 Å². The number of fused-ring (bicyclic) bond motifs is 2. The van der Waals surface area contributed by atoms with Crippen molar-refractivity contribution in [2.75, 3.05) is 14.2 Å². The van der Waals surface area contributed by atoms with Crippen molar-refractivity contribution in [3.05, 3.63) is 58.6 Å². The number of allylic oxidation sites excluding steroid dienone is 1. The van der Waals surface area contributed by atoms with Crippen molar-refractivity contribution in [2.24, 2.45) is 5.92 Å².